The van der Waals surface area contributed by atoms with E-state index >= 15 is 0 Å². The summed E-state index contributed by atoms with van der Waals surface area (Å²) in [4.78, 5) is 3.89. The lowest BCUT2D eigenvalue weighted by molar-refractivity contribution is -0.138. The number of nitrogens with zero attached hydrogens (tertiary/aromatic N) is 1. The van der Waals surface area contributed by atoms with Crippen molar-refractivity contribution in [1.29, 1.82) is 0 Å². The van der Waals surface area contributed by atoms with Crippen molar-refractivity contribution >= 4 is 5.82 Å². The van der Waals surface area contributed by atoms with Gasteiger partial charge in [0, 0.05) is 12.1 Å². The molecule has 0 amide bonds. The third-order valence-corrected chi connectivity index (χ3v) is 2.51. The van der Waals surface area contributed by atoms with Gasteiger partial charge < -0.3 is 5.43 Å². The number of nitrogens with one attached hydrogen (secondary N) is 2. The third-order valence-electron chi connectivity index (χ3n) is 2.51. The molecular formula is C9H10F3N3. The summed E-state index contributed by atoms with van der Waals surface area (Å²) in [6, 6.07) is 0. The summed E-state index contributed by atoms with van der Waals surface area (Å²) in [5.74, 6) is 0.498. The molecule has 0 aliphatic carbocycles. The molecule has 0 unspecified atom stereocenters. The monoisotopic (exact) mass is 217 g/mol. The van der Waals surface area contributed by atoms with Crippen molar-refractivity contribution < 1.29 is 13.2 Å². The molecule has 0 saturated carbocycles. The molecule has 0 aromatic carbocycles. The Balaban J connectivity index is 2.67. The predicted molar refractivity (Wildman–Crippen MR) is 49.2 cm³/mol. The number of fused-ring (bicyclic) bond motifs is 1. The normalized spacial score (nSPS) is 15.0. The molecule has 82 valence electrons. The Hall–Kier alpha value is -1.30. The number of aromatic nitrogens is 1. The summed E-state index contributed by atoms with van der Waals surface area (Å²) < 4.78 is 38.1. The van der Waals surface area contributed by atoms with Crippen LogP contribution in [0.5, 0.6) is 0 Å². The van der Waals surface area contributed by atoms with E-state index in [0.29, 0.717) is 17.9 Å². The number of hydrazine groups is 1. The molecular weight excluding hydrogens is 207 g/mol. The van der Waals surface area contributed by atoms with Gasteiger partial charge >= 0.3 is 6.18 Å². The van der Waals surface area contributed by atoms with E-state index in [-0.39, 0.29) is 11.3 Å². The van der Waals surface area contributed by atoms with Crippen LogP contribution in [0.3, 0.4) is 0 Å². The van der Waals surface area contributed by atoms with Crippen molar-refractivity contribution in [2.45, 2.75) is 26.6 Å². The summed E-state index contributed by atoms with van der Waals surface area (Å²) >= 11 is 0. The quantitative estimate of drug-likeness (QED) is 0.699. The Labute approximate surface area is 84.7 Å². The van der Waals surface area contributed by atoms with E-state index in [4.69, 9.17) is 0 Å². The first kappa shape index (κ1) is 10.2. The fourth-order valence-electron chi connectivity index (χ4n) is 1.84. The number of aryl methyl sites for hydroxylation is 1. The molecule has 3 nitrogen and oxygen atoms in total. The summed E-state index contributed by atoms with van der Waals surface area (Å²) in [6.07, 6.45) is -4.33. The van der Waals surface area contributed by atoms with Crippen LogP contribution in [-0.4, -0.2) is 4.98 Å². The molecule has 2 N–H and O–H groups in total. The molecule has 1 aromatic heterocycles. The maximum absolute atomic E-state index is 12.7. The van der Waals surface area contributed by atoms with Crippen LogP contribution in [0.1, 0.15) is 22.4 Å². The molecule has 0 spiro atoms. The second-order valence-electron chi connectivity index (χ2n) is 3.50. The van der Waals surface area contributed by atoms with E-state index in [0.717, 1.165) is 0 Å². The average molecular weight is 217 g/mol. The van der Waals surface area contributed by atoms with Crippen LogP contribution in [0.25, 0.3) is 0 Å². The highest BCUT2D eigenvalue weighted by Crippen LogP contribution is 2.37. The van der Waals surface area contributed by atoms with Crippen LogP contribution in [0.2, 0.25) is 0 Å². The van der Waals surface area contributed by atoms with Gasteiger partial charge in [-0.05, 0) is 19.4 Å². The fraction of sp³-hybridized carbons (Fsp3) is 0.444. The van der Waals surface area contributed by atoms with Crippen molar-refractivity contribution in [1.82, 2.24) is 10.4 Å². The second kappa shape index (κ2) is 3.10. The molecule has 0 atom stereocenters. The molecule has 0 saturated heterocycles. The van der Waals surface area contributed by atoms with Crippen LogP contribution in [0.4, 0.5) is 19.0 Å². The molecule has 0 fully saturated rings. The van der Waals surface area contributed by atoms with E-state index in [1.807, 2.05) is 0 Å². The molecule has 1 aliphatic rings. The zero-order chi connectivity index (χ0) is 11.2. The number of anilines is 1. The molecule has 2 rings (SSSR count). The highest BCUT2D eigenvalue weighted by atomic mass is 19.4. The lowest BCUT2D eigenvalue weighted by Gasteiger charge is -2.15. The Morgan fingerprint density at radius 3 is 2.53 bits per heavy atom. The van der Waals surface area contributed by atoms with Gasteiger partial charge in [0.15, 0.2) is 0 Å². The SMILES string of the molecule is Cc1nc2c(c(C)c1C(F)(F)F)CNN2. The maximum Gasteiger partial charge on any atom is 0.418 e. The van der Waals surface area contributed by atoms with Crippen LogP contribution >= 0.6 is 0 Å². The number of hydrogen-bond donors (Lipinski definition) is 2. The summed E-state index contributed by atoms with van der Waals surface area (Å²) in [5, 5.41) is 0. The Bertz CT molecular complexity index is 412. The van der Waals surface area contributed by atoms with Gasteiger partial charge in [-0.15, -0.1) is 0 Å². The highest BCUT2D eigenvalue weighted by molar-refractivity contribution is 5.55. The number of rotatable bonds is 0. The third kappa shape index (κ3) is 1.54. The van der Waals surface area contributed by atoms with Crippen molar-refractivity contribution in [3.63, 3.8) is 0 Å². The van der Waals surface area contributed by atoms with Crippen LogP contribution < -0.4 is 10.9 Å². The minimum Gasteiger partial charge on any atom is -0.305 e. The zero-order valence-electron chi connectivity index (χ0n) is 8.29. The second-order valence-corrected chi connectivity index (χ2v) is 3.50. The molecule has 0 radical (unpaired) electrons. The van der Waals surface area contributed by atoms with Gasteiger partial charge in [-0.1, -0.05) is 0 Å². The average Bonchev–Trinajstić information content (AvgIpc) is 2.48. The number of pyridine rings is 1. The van der Waals surface area contributed by atoms with E-state index in [1.54, 1.807) is 0 Å². The van der Waals surface area contributed by atoms with Gasteiger partial charge in [-0.3, -0.25) is 0 Å². The molecule has 15 heavy (non-hydrogen) atoms. The van der Waals surface area contributed by atoms with Gasteiger partial charge in [0.05, 0.1) is 11.3 Å². The van der Waals surface area contributed by atoms with E-state index < -0.39 is 11.7 Å². The summed E-state index contributed by atoms with van der Waals surface area (Å²) in [5.41, 5.74) is 5.72. The largest absolute Gasteiger partial charge is 0.418 e. The molecule has 1 aromatic rings. The fourth-order valence-corrected chi connectivity index (χ4v) is 1.84. The van der Waals surface area contributed by atoms with E-state index in [9.17, 15) is 13.2 Å². The first-order valence-electron chi connectivity index (χ1n) is 4.47. The van der Waals surface area contributed by atoms with Crippen LogP contribution in [0.15, 0.2) is 0 Å². The van der Waals surface area contributed by atoms with Gasteiger partial charge in [-0.2, -0.15) is 13.2 Å². The van der Waals surface area contributed by atoms with Crippen molar-refractivity contribution in [3.8, 4) is 0 Å². The molecule has 1 aliphatic heterocycles. The van der Waals surface area contributed by atoms with Gasteiger partial charge in [0.2, 0.25) is 0 Å². The molecule has 6 heteroatoms. The summed E-state index contributed by atoms with van der Waals surface area (Å²) in [6.45, 7) is 3.22. The van der Waals surface area contributed by atoms with Gasteiger partial charge in [-0.25, -0.2) is 10.4 Å². The van der Waals surface area contributed by atoms with Crippen LogP contribution in [-0.2, 0) is 12.7 Å². The number of alkyl halides is 3. The first-order valence-corrected chi connectivity index (χ1v) is 4.47. The first-order chi connectivity index (χ1) is 6.91. The molecule has 0 bridgehead atoms. The Kier molecular flexibility index (Phi) is 2.11. The lowest BCUT2D eigenvalue weighted by atomic mass is 10.0. The summed E-state index contributed by atoms with van der Waals surface area (Å²) in [7, 11) is 0. The minimum absolute atomic E-state index is 0.00921. The van der Waals surface area contributed by atoms with E-state index in [1.165, 1.54) is 13.8 Å². The topological polar surface area (TPSA) is 37.0 Å². The highest BCUT2D eigenvalue weighted by Gasteiger charge is 2.37. The molecule has 2 heterocycles. The van der Waals surface area contributed by atoms with Crippen molar-refractivity contribution in [2.75, 3.05) is 5.43 Å². The predicted octanol–water partition coefficient (Wildman–Crippen LogP) is 2.15. The maximum atomic E-state index is 12.7. The Morgan fingerprint density at radius 2 is 1.93 bits per heavy atom. The number of halogens is 3. The van der Waals surface area contributed by atoms with Gasteiger partial charge in [0.25, 0.3) is 0 Å². The smallest absolute Gasteiger partial charge is 0.305 e. The van der Waals surface area contributed by atoms with Crippen molar-refractivity contribution in [3.05, 3.63) is 22.4 Å². The zero-order valence-corrected chi connectivity index (χ0v) is 8.29. The van der Waals surface area contributed by atoms with Crippen molar-refractivity contribution in [2.24, 2.45) is 0 Å². The van der Waals surface area contributed by atoms with E-state index in [2.05, 4.69) is 15.8 Å². The Morgan fingerprint density at radius 1 is 1.27 bits per heavy atom. The minimum atomic E-state index is -4.33. The van der Waals surface area contributed by atoms with Gasteiger partial charge in [0.1, 0.15) is 5.82 Å². The lowest BCUT2D eigenvalue weighted by Crippen LogP contribution is -2.13. The standard InChI is InChI=1S/C9H10F3N3/c1-4-6-3-13-15-8(6)14-5(2)7(4)9(10,11)12/h13H,3H2,1-2H3,(H,14,15). The van der Waals surface area contributed by atoms with Crippen LogP contribution in [0, 0.1) is 13.8 Å². The number of hydrogen-bond acceptors (Lipinski definition) is 3.